The van der Waals surface area contributed by atoms with E-state index >= 15 is 0 Å². The zero-order valence-corrected chi connectivity index (χ0v) is 54.4. The number of rotatable bonds is 7. The van der Waals surface area contributed by atoms with Gasteiger partial charge in [0.15, 0.2) is 11.6 Å². The van der Waals surface area contributed by atoms with Crippen LogP contribution in [-0.2, 0) is 54.2 Å². The maximum absolute atomic E-state index is 14.4. The molecule has 18 nitrogen and oxygen atoms in total. The summed E-state index contributed by atoms with van der Waals surface area (Å²) in [7, 11) is 4.52. The van der Waals surface area contributed by atoms with E-state index in [4.69, 9.17) is 51.9 Å². The Labute approximate surface area is 528 Å². The lowest BCUT2D eigenvalue weighted by Gasteiger charge is -2.42. The number of fused-ring (bicyclic) bond motifs is 6. The number of carbonyl (C=O) groups is 5. The van der Waals surface area contributed by atoms with Gasteiger partial charge in [-0.2, -0.15) is 0 Å². The average Bonchev–Trinajstić information content (AvgIpc) is 1.66. The monoisotopic (exact) mass is 1260 g/mol. The number of Topliss-reactive ketones (excluding diaryl/α,β-unsaturated/α-hetero) is 3. The molecule has 15 atom stereocenters. The number of esters is 1. The smallest absolute Gasteiger partial charge is 0.329 e. The molecule has 1 amide bonds. The highest BCUT2D eigenvalue weighted by molar-refractivity contribution is 6.39. The maximum Gasteiger partial charge on any atom is 0.329 e. The first-order valence-corrected chi connectivity index (χ1v) is 31.8. The Morgan fingerprint density at radius 2 is 1.57 bits per heavy atom. The van der Waals surface area contributed by atoms with Gasteiger partial charge in [0.25, 0.3) is 11.7 Å². The number of cyclic esters (lactones) is 1. The predicted molar refractivity (Wildman–Crippen MR) is 337 cm³/mol. The summed E-state index contributed by atoms with van der Waals surface area (Å²) >= 11 is 12.6. The molecule has 3 fully saturated rings. The number of benzene rings is 2. The van der Waals surface area contributed by atoms with Crippen LogP contribution in [0, 0.1) is 42.4 Å². The molecular formula is C68H91Cl2N5O13. The Morgan fingerprint density at radius 3 is 2.28 bits per heavy atom. The summed E-state index contributed by atoms with van der Waals surface area (Å²) in [6.45, 7) is 15.1. The Hall–Kier alpha value is -5.54. The minimum atomic E-state index is -2.43. The van der Waals surface area contributed by atoms with Gasteiger partial charge in [-0.25, -0.2) is 4.79 Å². The highest BCUT2D eigenvalue weighted by atomic mass is 35.5. The highest BCUT2D eigenvalue weighted by Crippen LogP contribution is 2.38. The van der Waals surface area contributed by atoms with Crippen LogP contribution in [0.5, 0.6) is 0 Å². The number of carbonyl (C=O) groups excluding carboxylic acids is 5. The molecule has 1 aliphatic carbocycles. The van der Waals surface area contributed by atoms with Crippen molar-refractivity contribution in [3.63, 3.8) is 0 Å². The van der Waals surface area contributed by atoms with E-state index in [1.54, 1.807) is 41.1 Å². The highest BCUT2D eigenvalue weighted by Gasteiger charge is 2.53. The fourth-order valence-corrected chi connectivity index (χ4v) is 13.3. The summed E-state index contributed by atoms with van der Waals surface area (Å²) in [6, 6.07) is 12.3. The van der Waals surface area contributed by atoms with Gasteiger partial charge in [0.1, 0.15) is 42.5 Å². The number of ether oxygens (including phenoxy) is 5. The van der Waals surface area contributed by atoms with Gasteiger partial charge in [-0.1, -0.05) is 112 Å². The van der Waals surface area contributed by atoms with Crippen molar-refractivity contribution in [2.24, 2.45) is 40.5 Å². The number of aliphatic hydroxyl groups excluding tert-OH is 2. The summed E-state index contributed by atoms with van der Waals surface area (Å²) < 4.78 is 31.4. The van der Waals surface area contributed by atoms with Crippen molar-refractivity contribution in [3.05, 3.63) is 123 Å². The molecule has 3 N–H and O–H groups in total. The van der Waals surface area contributed by atoms with Gasteiger partial charge in [0.05, 0.1) is 35.8 Å². The van der Waals surface area contributed by atoms with E-state index in [0.717, 1.165) is 46.2 Å². The number of piperidine rings is 1. The molecule has 0 unspecified atom stereocenters. The van der Waals surface area contributed by atoms with Gasteiger partial charge in [0, 0.05) is 79.6 Å². The fraction of sp³-hybridized carbons (Fsp3) is 0.588. The number of amides is 1. The molecule has 2 bridgehead atoms. The number of hydrogen-bond acceptors (Lipinski definition) is 16. The molecule has 2 aromatic carbocycles. The number of halogens is 2. The van der Waals surface area contributed by atoms with E-state index in [0.29, 0.717) is 80.0 Å². The number of aryl methyl sites for hydroxylation is 1. The molecule has 88 heavy (non-hydrogen) atoms. The standard InChI is InChI=1S/C51H79NO13.C17H12Cl2N4/c1-30-16-12-11-13-17-31(2)42(61-8)28-38-21-19-36(7)51(60,65-38)48(57)49(58)52-23-15-14-18-39(52)50(59)64-43(33(4)26-37-20-22-40(53)44(27-37)62-9)29-41(54)32(3)25-35(6)46(56)47(63-10)45(55)34(5)24-30;1-10-21-22-16-9-20-17(12-4-2-3-5-14(12)19)13-8-11(18)6-7-15(13)23(10)16/h11-13,16-17,25,30,32-34,36-40,42-44,46-47,53,56,60H,14-15,18-24,26-29H2,1-10H3;2-8H,9H2,1H3/b13-11?,16-12+,31-17?,35-25+;/t30-,32-,33+,34-,36-,37+,38+,39+,40-,42+,43+,44-,46-,47+,51-;/m1./s1. The molecule has 5 heterocycles. The number of methoxy groups -OCH3 is 3. The van der Waals surface area contributed by atoms with Crippen LogP contribution in [0.15, 0.2) is 95.1 Å². The molecule has 1 saturated carbocycles. The van der Waals surface area contributed by atoms with Gasteiger partial charge < -0.3 is 43.9 Å². The molecule has 1 aromatic heterocycles. The third-order valence-corrected chi connectivity index (χ3v) is 18.9. The summed E-state index contributed by atoms with van der Waals surface area (Å²) in [5, 5.41) is 43.5. The molecule has 0 spiro atoms. The van der Waals surface area contributed by atoms with Gasteiger partial charge in [-0.3, -0.25) is 28.7 Å². The molecule has 4 aliphatic heterocycles. The maximum atomic E-state index is 14.4. The van der Waals surface area contributed by atoms with Crippen molar-refractivity contribution < 1.29 is 63.0 Å². The van der Waals surface area contributed by atoms with Crippen LogP contribution in [0.1, 0.15) is 148 Å². The third kappa shape index (κ3) is 17.1. The van der Waals surface area contributed by atoms with Crippen molar-refractivity contribution in [2.45, 2.75) is 194 Å². The zero-order chi connectivity index (χ0) is 64.1. The first kappa shape index (κ1) is 69.9. The Kier molecular flexibility index (Phi) is 25.4. The minimum absolute atomic E-state index is 0.0193. The molecule has 5 aliphatic rings. The number of aromatic nitrogens is 3. The van der Waals surface area contributed by atoms with Crippen LogP contribution in [0.4, 0.5) is 0 Å². The fourth-order valence-electron chi connectivity index (χ4n) is 12.9. The van der Waals surface area contributed by atoms with Gasteiger partial charge >= 0.3 is 5.97 Å². The van der Waals surface area contributed by atoms with Gasteiger partial charge in [-0.05, 0) is 138 Å². The molecular weight excluding hydrogens is 1170 g/mol. The van der Waals surface area contributed by atoms with Crippen molar-refractivity contribution >= 4 is 58.1 Å². The second-order valence-corrected chi connectivity index (χ2v) is 25.7. The number of ketones is 3. The SMILES string of the molecule is CO[C@H]1C[C@@H]2CC[C@@H](C)[C@@](O)(O2)C(=O)C(=O)N2CCCC[C@H]2C(=O)O[C@H]([C@@H](C)C[C@@H]2CC[C@@H](O)[C@H](OC)C2)CC(=O)[C@H](C)/C=C(\C)[C@@H](O)[C@@H](OC)C(=O)[C@H](C)C[C@H](C)/C=C/C=CC=C1C.Cc1nnc2n1-c1ccc(Cl)cc1C(c1ccccc1Cl)=NC2. The Morgan fingerprint density at radius 1 is 0.818 bits per heavy atom. The van der Waals surface area contributed by atoms with E-state index in [9.17, 15) is 39.3 Å². The molecule has 3 aromatic rings. The summed E-state index contributed by atoms with van der Waals surface area (Å²) in [5.74, 6) is -6.34. The van der Waals surface area contributed by atoms with Gasteiger partial charge in [-0.15, -0.1) is 10.2 Å². The largest absolute Gasteiger partial charge is 0.460 e. The first-order chi connectivity index (χ1) is 41.9. The third-order valence-electron chi connectivity index (χ3n) is 18.3. The first-order valence-electron chi connectivity index (χ1n) is 31.1. The topological polar surface area (TPSA) is 238 Å². The lowest BCUT2D eigenvalue weighted by Crippen LogP contribution is -2.61. The molecule has 480 valence electrons. The van der Waals surface area contributed by atoms with Crippen molar-refractivity contribution in [1.82, 2.24) is 19.7 Å². The van der Waals surface area contributed by atoms with Crippen molar-refractivity contribution in [1.29, 1.82) is 0 Å². The van der Waals surface area contributed by atoms with Crippen LogP contribution >= 0.6 is 23.2 Å². The van der Waals surface area contributed by atoms with Crippen LogP contribution in [0.25, 0.3) is 5.69 Å². The van der Waals surface area contributed by atoms with Crippen LogP contribution in [0.3, 0.4) is 0 Å². The summed E-state index contributed by atoms with van der Waals surface area (Å²) in [4.78, 5) is 76.5. The number of allylic oxidation sites excluding steroid dienone is 6. The molecule has 2 saturated heterocycles. The second kappa shape index (κ2) is 32.0. The quantitative estimate of drug-likeness (QED) is 0.113. The Balaban J connectivity index is 0.000000394. The second-order valence-electron chi connectivity index (χ2n) is 24.9. The molecule has 8 rings (SSSR count). The van der Waals surface area contributed by atoms with Crippen LogP contribution in [-0.4, -0.2) is 152 Å². The van der Waals surface area contributed by atoms with Crippen molar-refractivity contribution in [2.75, 3.05) is 27.9 Å². The van der Waals surface area contributed by atoms with Gasteiger partial charge in [0.2, 0.25) is 5.79 Å². The number of aliphatic imine (C=N–C) groups is 1. The zero-order valence-electron chi connectivity index (χ0n) is 52.9. The van der Waals surface area contributed by atoms with E-state index in [2.05, 4.69) is 10.2 Å². The lowest BCUT2D eigenvalue weighted by atomic mass is 9.78. The minimum Gasteiger partial charge on any atom is -0.460 e. The normalized spacial score (nSPS) is 32.3. The predicted octanol–water partition coefficient (Wildman–Crippen LogP) is 10.4. The van der Waals surface area contributed by atoms with E-state index < -0.39 is 83.9 Å². The van der Waals surface area contributed by atoms with Crippen LogP contribution < -0.4 is 0 Å². The number of nitrogens with zero attached hydrogens (tertiary/aromatic N) is 5. The molecule has 0 radical (unpaired) electrons. The van der Waals surface area contributed by atoms with E-state index in [1.165, 1.54) is 12.0 Å². The average molecular weight is 1260 g/mol. The van der Waals surface area contributed by atoms with E-state index in [-0.39, 0.29) is 54.8 Å². The number of aliphatic hydroxyl groups is 3. The Bertz CT molecular complexity index is 3100. The van der Waals surface area contributed by atoms with E-state index in [1.807, 2.05) is 112 Å². The summed E-state index contributed by atoms with van der Waals surface area (Å²) in [6.07, 6.45) is 11.2. The number of hydrogen-bond donors (Lipinski definition) is 3. The summed E-state index contributed by atoms with van der Waals surface area (Å²) in [5.41, 5.74) is 4.85. The van der Waals surface area contributed by atoms with Crippen LogP contribution in [0.2, 0.25) is 10.0 Å². The van der Waals surface area contributed by atoms with Crippen molar-refractivity contribution in [3.8, 4) is 5.69 Å². The molecule has 20 heteroatoms. The lowest BCUT2D eigenvalue weighted by molar-refractivity contribution is -0.265.